The van der Waals surface area contributed by atoms with Crippen LogP contribution in [0.5, 0.6) is 0 Å². The van der Waals surface area contributed by atoms with E-state index in [1.54, 1.807) is 12.1 Å². The van der Waals surface area contributed by atoms with Gasteiger partial charge in [-0.2, -0.15) is 0 Å². The van der Waals surface area contributed by atoms with Crippen LogP contribution in [0.25, 0.3) is 0 Å². The standard InChI is InChI=1S/C16H26N2O4S2/c1-4-10-24(21,22)18-9-5-6-14-7-8-15(11-16(14)18)17-23(19,20)12-13(2)3/h7-8,11,13,17H,4-6,9-10,12H2,1-3H3. The summed E-state index contributed by atoms with van der Waals surface area (Å²) >= 11 is 0. The molecule has 0 fully saturated rings. The van der Waals surface area contributed by atoms with Gasteiger partial charge in [-0.15, -0.1) is 0 Å². The lowest BCUT2D eigenvalue weighted by Crippen LogP contribution is -2.37. The number of sulfonamides is 2. The van der Waals surface area contributed by atoms with Crippen molar-refractivity contribution >= 4 is 31.4 Å². The Hall–Kier alpha value is -1.28. The molecular weight excluding hydrogens is 348 g/mol. The van der Waals surface area contributed by atoms with Crippen molar-refractivity contribution in [2.45, 2.75) is 40.0 Å². The van der Waals surface area contributed by atoms with Gasteiger partial charge in [0.25, 0.3) is 0 Å². The molecule has 1 aromatic carbocycles. The summed E-state index contributed by atoms with van der Waals surface area (Å²) in [6, 6.07) is 5.16. The van der Waals surface area contributed by atoms with Crippen LogP contribution >= 0.6 is 0 Å². The molecule has 1 aromatic rings. The highest BCUT2D eigenvalue weighted by Gasteiger charge is 2.27. The predicted molar refractivity (Wildman–Crippen MR) is 98.4 cm³/mol. The lowest BCUT2D eigenvalue weighted by molar-refractivity contribution is 0.585. The van der Waals surface area contributed by atoms with Gasteiger partial charge in [0.1, 0.15) is 0 Å². The van der Waals surface area contributed by atoms with Crippen LogP contribution in [0, 0.1) is 5.92 Å². The van der Waals surface area contributed by atoms with Gasteiger partial charge in [-0.3, -0.25) is 9.03 Å². The molecule has 6 nitrogen and oxygen atoms in total. The molecule has 0 radical (unpaired) electrons. The molecule has 0 unspecified atom stereocenters. The van der Waals surface area contributed by atoms with Crippen LogP contribution in [-0.4, -0.2) is 34.9 Å². The number of hydrogen-bond acceptors (Lipinski definition) is 4. The maximum absolute atomic E-state index is 12.5. The number of fused-ring (bicyclic) bond motifs is 1. The van der Waals surface area contributed by atoms with Crippen molar-refractivity contribution in [2.75, 3.05) is 27.1 Å². The van der Waals surface area contributed by atoms with Crippen molar-refractivity contribution in [3.05, 3.63) is 23.8 Å². The Labute approximate surface area is 145 Å². The highest BCUT2D eigenvalue weighted by molar-refractivity contribution is 7.93. The molecule has 0 saturated carbocycles. The summed E-state index contributed by atoms with van der Waals surface area (Å²) in [7, 11) is -6.81. The zero-order valence-electron chi connectivity index (χ0n) is 14.4. The van der Waals surface area contributed by atoms with Gasteiger partial charge in [0.05, 0.1) is 22.9 Å². The first kappa shape index (κ1) is 19.1. The molecule has 0 aliphatic carbocycles. The fourth-order valence-corrected chi connectivity index (χ4v) is 5.98. The van der Waals surface area contributed by atoms with Crippen LogP contribution < -0.4 is 9.03 Å². The maximum atomic E-state index is 12.5. The van der Waals surface area contributed by atoms with E-state index in [9.17, 15) is 16.8 Å². The van der Waals surface area contributed by atoms with E-state index in [-0.39, 0.29) is 17.4 Å². The summed E-state index contributed by atoms with van der Waals surface area (Å²) in [5.74, 6) is 0.138. The molecule has 136 valence electrons. The minimum absolute atomic E-state index is 0.0153. The number of nitrogens with one attached hydrogen (secondary N) is 1. The first-order chi connectivity index (χ1) is 11.1. The molecule has 24 heavy (non-hydrogen) atoms. The quantitative estimate of drug-likeness (QED) is 0.795. The maximum Gasteiger partial charge on any atom is 0.235 e. The van der Waals surface area contributed by atoms with Crippen molar-refractivity contribution in [2.24, 2.45) is 5.92 Å². The minimum atomic E-state index is -3.44. The van der Waals surface area contributed by atoms with Crippen molar-refractivity contribution in [3.8, 4) is 0 Å². The van der Waals surface area contributed by atoms with E-state index in [2.05, 4.69) is 4.72 Å². The highest BCUT2D eigenvalue weighted by atomic mass is 32.2. The fraction of sp³-hybridized carbons (Fsp3) is 0.625. The lowest BCUT2D eigenvalue weighted by Gasteiger charge is -2.31. The summed E-state index contributed by atoms with van der Waals surface area (Å²) in [6.45, 7) is 5.95. The SMILES string of the molecule is CCCS(=O)(=O)N1CCCc2ccc(NS(=O)(=O)CC(C)C)cc21. The van der Waals surface area contributed by atoms with Crippen LogP contribution in [0.2, 0.25) is 0 Å². The monoisotopic (exact) mass is 374 g/mol. The second kappa shape index (κ2) is 7.31. The van der Waals surface area contributed by atoms with Crippen molar-refractivity contribution in [1.82, 2.24) is 0 Å². The molecule has 1 aliphatic rings. The van der Waals surface area contributed by atoms with Crippen molar-refractivity contribution in [3.63, 3.8) is 0 Å². The molecule has 0 amide bonds. The molecule has 1 heterocycles. The summed E-state index contributed by atoms with van der Waals surface area (Å²) in [4.78, 5) is 0. The molecule has 1 N–H and O–H groups in total. The number of rotatable bonds is 7. The van der Waals surface area contributed by atoms with E-state index >= 15 is 0 Å². The Balaban J connectivity index is 2.34. The van der Waals surface area contributed by atoms with E-state index in [4.69, 9.17) is 0 Å². The molecule has 0 atom stereocenters. The number of anilines is 2. The third-order valence-electron chi connectivity index (χ3n) is 3.79. The van der Waals surface area contributed by atoms with Gasteiger partial charge in [-0.25, -0.2) is 16.8 Å². The normalized spacial score (nSPS) is 15.4. The molecule has 0 bridgehead atoms. The van der Waals surface area contributed by atoms with Gasteiger partial charge < -0.3 is 0 Å². The van der Waals surface area contributed by atoms with Gasteiger partial charge in [0.2, 0.25) is 20.0 Å². The summed E-state index contributed by atoms with van der Waals surface area (Å²) in [6.07, 6.45) is 2.12. The predicted octanol–water partition coefficient (Wildman–Crippen LogP) is 2.58. The van der Waals surface area contributed by atoms with Crippen LogP contribution in [0.1, 0.15) is 39.2 Å². The number of nitrogens with zero attached hydrogens (tertiary/aromatic N) is 1. The second-order valence-corrected chi connectivity index (χ2v) is 10.4. The summed E-state index contributed by atoms with van der Waals surface area (Å²) in [5, 5.41) is 0. The molecule has 0 aromatic heterocycles. The molecule has 8 heteroatoms. The van der Waals surface area contributed by atoms with E-state index in [0.29, 0.717) is 24.3 Å². The van der Waals surface area contributed by atoms with E-state index < -0.39 is 20.0 Å². The Morgan fingerprint density at radius 2 is 1.92 bits per heavy atom. The van der Waals surface area contributed by atoms with Gasteiger partial charge in [-0.05, 0) is 42.9 Å². The molecule has 0 saturated heterocycles. The average Bonchev–Trinajstić information content (AvgIpc) is 2.44. The van der Waals surface area contributed by atoms with Crippen LogP contribution in [0.3, 0.4) is 0 Å². The molecule has 2 rings (SSSR count). The molecule has 1 aliphatic heterocycles. The summed E-state index contributed by atoms with van der Waals surface area (Å²) in [5.41, 5.74) is 1.94. The summed E-state index contributed by atoms with van der Waals surface area (Å²) < 4.78 is 53.2. The molecule has 0 spiro atoms. The van der Waals surface area contributed by atoms with Gasteiger partial charge in [-0.1, -0.05) is 26.8 Å². The molecular formula is C16H26N2O4S2. The third-order valence-corrected chi connectivity index (χ3v) is 7.41. The Morgan fingerprint density at radius 1 is 1.21 bits per heavy atom. The third kappa shape index (κ3) is 4.63. The largest absolute Gasteiger partial charge is 0.283 e. The number of benzene rings is 1. The van der Waals surface area contributed by atoms with E-state index in [0.717, 1.165) is 18.4 Å². The van der Waals surface area contributed by atoms with Crippen LogP contribution in [0.15, 0.2) is 18.2 Å². The van der Waals surface area contributed by atoms with Gasteiger partial charge in [0, 0.05) is 6.54 Å². The smallest absolute Gasteiger partial charge is 0.235 e. The number of aryl methyl sites for hydroxylation is 1. The topological polar surface area (TPSA) is 83.6 Å². The lowest BCUT2D eigenvalue weighted by atomic mass is 10.0. The van der Waals surface area contributed by atoms with Gasteiger partial charge in [0.15, 0.2) is 0 Å². The fourth-order valence-electron chi connectivity index (χ4n) is 2.92. The Morgan fingerprint density at radius 3 is 2.54 bits per heavy atom. The van der Waals surface area contributed by atoms with Crippen LogP contribution in [-0.2, 0) is 26.5 Å². The van der Waals surface area contributed by atoms with Crippen LogP contribution in [0.4, 0.5) is 11.4 Å². The first-order valence-electron chi connectivity index (χ1n) is 8.28. The highest BCUT2D eigenvalue weighted by Crippen LogP contribution is 2.32. The minimum Gasteiger partial charge on any atom is -0.283 e. The van der Waals surface area contributed by atoms with Gasteiger partial charge >= 0.3 is 0 Å². The van der Waals surface area contributed by atoms with E-state index in [1.165, 1.54) is 4.31 Å². The first-order valence-corrected chi connectivity index (χ1v) is 11.5. The zero-order chi connectivity index (χ0) is 18.0. The number of hydrogen-bond donors (Lipinski definition) is 1. The Kier molecular flexibility index (Phi) is 5.80. The zero-order valence-corrected chi connectivity index (χ0v) is 16.1. The Bertz CT molecular complexity index is 786. The van der Waals surface area contributed by atoms with Crippen molar-refractivity contribution in [1.29, 1.82) is 0 Å². The van der Waals surface area contributed by atoms with Crippen molar-refractivity contribution < 1.29 is 16.8 Å². The second-order valence-electron chi connectivity index (χ2n) is 6.61. The average molecular weight is 375 g/mol. The van der Waals surface area contributed by atoms with E-state index in [1.807, 2.05) is 26.8 Å².